The highest BCUT2D eigenvalue weighted by molar-refractivity contribution is 7.80. The van der Waals surface area contributed by atoms with Gasteiger partial charge in [-0.2, -0.15) is 0 Å². The normalized spacial score (nSPS) is 27.8. The van der Waals surface area contributed by atoms with Gasteiger partial charge in [0.25, 0.3) is 0 Å². The largest absolute Gasteiger partial charge is 0.772 e. The summed E-state index contributed by atoms with van der Waals surface area (Å²) in [5.74, 6) is -0.360. The van der Waals surface area contributed by atoms with Crippen molar-refractivity contribution >= 4 is 11.1 Å². The fourth-order valence-corrected chi connectivity index (χ4v) is 1.18. The van der Waals surface area contributed by atoms with E-state index in [0.717, 1.165) is 0 Å². The summed E-state index contributed by atoms with van der Waals surface area (Å²) in [6, 6.07) is 0. The minimum absolute atomic E-state index is 0.248. The van der Waals surface area contributed by atoms with Gasteiger partial charge in [0.15, 0.2) is 0 Å². The fourth-order valence-electron chi connectivity index (χ4n) is 0.717. The molecule has 4 heteroatoms. The van der Waals surface area contributed by atoms with E-state index in [9.17, 15) is 13.2 Å². The van der Waals surface area contributed by atoms with Crippen molar-refractivity contribution in [2.45, 2.75) is 11.7 Å². The van der Waals surface area contributed by atoms with Crippen LogP contribution in [0.3, 0.4) is 0 Å². The lowest BCUT2D eigenvalue weighted by atomic mass is 10.2. The minimum atomic E-state index is -2.12. The third-order valence-corrected chi connectivity index (χ3v) is 2.11. The Hall–Kier alpha value is -0.480. The molecule has 1 rings (SSSR count). The summed E-state index contributed by atoms with van der Waals surface area (Å²) >= 11 is -2.12. The highest BCUT2D eigenvalue weighted by Crippen LogP contribution is 2.14. The molecule has 0 aromatic rings. The van der Waals surface area contributed by atoms with Crippen LogP contribution in [0.15, 0.2) is 24.1 Å². The van der Waals surface area contributed by atoms with Crippen LogP contribution in [0.1, 0.15) is 6.42 Å². The third-order valence-electron chi connectivity index (χ3n) is 1.26. The molecule has 1 aliphatic rings. The zero-order valence-corrected chi connectivity index (χ0v) is 5.94. The molecule has 0 amide bonds. The first-order chi connectivity index (χ1) is 4.70. The quantitative estimate of drug-likeness (QED) is 0.539. The fraction of sp³-hybridized carbons (Fsp3) is 0.333. The molecule has 1 aliphatic carbocycles. The van der Waals surface area contributed by atoms with Gasteiger partial charge in [-0.25, -0.2) is 4.39 Å². The van der Waals surface area contributed by atoms with Gasteiger partial charge in [0.1, 0.15) is 5.83 Å². The molecule has 0 aromatic heterocycles. The van der Waals surface area contributed by atoms with Crippen molar-refractivity contribution < 1.29 is 13.2 Å². The summed E-state index contributed by atoms with van der Waals surface area (Å²) < 4.78 is 32.7. The zero-order chi connectivity index (χ0) is 7.56. The van der Waals surface area contributed by atoms with Crippen molar-refractivity contribution in [2.24, 2.45) is 0 Å². The van der Waals surface area contributed by atoms with Gasteiger partial charge in [-0.1, -0.05) is 6.08 Å². The maximum Gasteiger partial charge on any atom is 0.119 e. The first-order valence-electron chi connectivity index (χ1n) is 2.82. The molecule has 0 radical (unpaired) electrons. The first kappa shape index (κ1) is 7.63. The monoisotopic (exact) mass is 161 g/mol. The summed E-state index contributed by atoms with van der Waals surface area (Å²) in [6.07, 6.45) is 4.03. The Morgan fingerprint density at radius 1 is 1.80 bits per heavy atom. The zero-order valence-electron chi connectivity index (χ0n) is 5.12. The molecule has 0 heterocycles. The molecule has 10 heavy (non-hydrogen) atoms. The van der Waals surface area contributed by atoms with Crippen LogP contribution in [0.5, 0.6) is 0 Å². The van der Waals surface area contributed by atoms with Gasteiger partial charge < -0.3 is 4.55 Å². The Kier molecular flexibility index (Phi) is 2.34. The molecule has 0 saturated carbocycles. The minimum Gasteiger partial charge on any atom is -0.772 e. The van der Waals surface area contributed by atoms with Crippen LogP contribution in [-0.4, -0.2) is 14.0 Å². The molecule has 2 nitrogen and oxygen atoms in total. The lowest BCUT2D eigenvalue weighted by Crippen LogP contribution is -2.12. The Morgan fingerprint density at radius 2 is 2.50 bits per heavy atom. The van der Waals surface area contributed by atoms with Crippen LogP contribution in [-0.2, 0) is 11.1 Å². The number of hydrogen-bond acceptors (Lipinski definition) is 2. The van der Waals surface area contributed by atoms with E-state index < -0.39 is 16.3 Å². The van der Waals surface area contributed by atoms with E-state index in [1.807, 2.05) is 0 Å². The SMILES string of the molecule is O=S([O-])C1C=CC(F)=CC1. The van der Waals surface area contributed by atoms with Gasteiger partial charge in [0.2, 0.25) is 0 Å². The highest BCUT2D eigenvalue weighted by Gasteiger charge is 2.07. The molecule has 0 saturated heterocycles. The summed E-state index contributed by atoms with van der Waals surface area (Å²) in [5.41, 5.74) is 0. The van der Waals surface area contributed by atoms with E-state index in [1.54, 1.807) is 0 Å². The molecular weight excluding hydrogens is 155 g/mol. The van der Waals surface area contributed by atoms with Gasteiger partial charge in [-0.15, -0.1) is 0 Å². The first-order valence-corrected chi connectivity index (χ1v) is 3.96. The van der Waals surface area contributed by atoms with Crippen molar-refractivity contribution in [3.05, 3.63) is 24.1 Å². The number of hydrogen-bond donors (Lipinski definition) is 0. The summed E-state index contributed by atoms with van der Waals surface area (Å²) in [6.45, 7) is 0. The van der Waals surface area contributed by atoms with Gasteiger partial charge in [0.05, 0.1) is 0 Å². The lowest BCUT2D eigenvalue weighted by Gasteiger charge is -2.15. The van der Waals surface area contributed by atoms with Crippen LogP contribution in [0.2, 0.25) is 0 Å². The van der Waals surface area contributed by atoms with Gasteiger partial charge >= 0.3 is 0 Å². The maximum atomic E-state index is 12.2. The smallest absolute Gasteiger partial charge is 0.119 e. The van der Waals surface area contributed by atoms with Gasteiger partial charge in [0, 0.05) is 5.25 Å². The molecule has 0 bridgehead atoms. The molecule has 2 atom stereocenters. The maximum absolute atomic E-state index is 12.2. The van der Waals surface area contributed by atoms with Crippen molar-refractivity contribution in [1.29, 1.82) is 0 Å². The molecule has 56 valence electrons. The molecule has 0 aliphatic heterocycles. The van der Waals surface area contributed by atoms with E-state index in [4.69, 9.17) is 0 Å². The number of allylic oxidation sites excluding steroid dienone is 3. The van der Waals surface area contributed by atoms with Crippen LogP contribution in [0, 0.1) is 0 Å². The van der Waals surface area contributed by atoms with E-state index in [-0.39, 0.29) is 12.2 Å². The van der Waals surface area contributed by atoms with E-state index >= 15 is 0 Å². The average molecular weight is 161 g/mol. The topological polar surface area (TPSA) is 40.1 Å². The Bertz CT molecular complexity index is 210. The average Bonchev–Trinajstić information content (AvgIpc) is 1.88. The summed E-state index contributed by atoms with van der Waals surface area (Å²) in [5, 5.41) is -0.542. The third kappa shape index (κ3) is 1.75. The second-order valence-electron chi connectivity index (χ2n) is 1.98. The highest BCUT2D eigenvalue weighted by atomic mass is 32.2. The van der Waals surface area contributed by atoms with Gasteiger partial charge in [-0.05, 0) is 29.7 Å². The van der Waals surface area contributed by atoms with Crippen LogP contribution in [0.25, 0.3) is 0 Å². The second kappa shape index (κ2) is 3.07. The van der Waals surface area contributed by atoms with E-state index in [0.29, 0.717) is 0 Å². The van der Waals surface area contributed by atoms with E-state index in [1.165, 1.54) is 18.2 Å². The van der Waals surface area contributed by atoms with Crippen LogP contribution in [0.4, 0.5) is 4.39 Å². The molecule has 0 fully saturated rings. The summed E-state index contributed by atoms with van der Waals surface area (Å²) in [4.78, 5) is 0. The second-order valence-corrected chi connectivity index (χ2v) is 3.11. The van der Waals surface area contributed by atoms with Crippen molar-refractivity contribution in [3.63, 3.8) is 0 Å². The molecule has 0 N–H and O–H groups in total. The molecule has 0 aromatic carbocycles. The Morgan fingerprint density at radius 3 is 2.90 bits per heavy atom. The Labute approximate surface area is 60.7 Å². The van der Waals surface area contributed by atoms with Gasteiger partial charge in [-0.3, -0.25) is 4.21 Å². The van der Waals surface area contributed by atoms with Crippen LogP contribution >= 0.6 is 0 Å². The number of rotatable bonds is 1. The molecule has 0 spiro atoms. The van der Waals surface area contributed by atoms with Crippen molar-refractivity contribution in [3.8, 4) is 0 Å². The molecule has 2 unspecified atom stereocenters. The van der Waals surface area contributed by atoms with E-state index in [2.05, 4.69) is 0 Å². The standard InChI is InChI=1S/C6H7FO2S/c7-5-1-3-6(4-2-5)10(8)9/h1-3,6H,4H2,(H,8,9)/p-1. The molecular formula is C6H6FO2S-. The predicted molar refractivity (Wildman–Crippen MR) is 35.7 cm³/mol. The predicted octanol–water partition coefficient (Wildman–Crippen LogP) is 1.05. The van der Waals surface area contributed by atoms with Crippen molar-refractivity contribution in [1.82, 2.24) is 0 Å². The lowest BCUT2D eigenvalue weighted by molar-refractivity contribution is 0.528. The van der Waals surface area contributed by atoms with Crippen LogP contribution < -0.4 is 0 Å². The Balaban J connectivity index is 2.60. The summed E-state index contributed by atoms with van der Waals surface area (Å²) in [7, 11) is 0. The van der Waals surface area contributed by atoms with Crippen molar-refractivity contribution in [2.75, 3.05) is 0 Å². The number of halogens is 1.